The molecule has 0 bridgehead atoms. The zero-order chi connectivity index (χ0) is 6.99. The van der Waals surface area contributed by atoms with Crippen molar-refractivity contribution in [1.29, 1.82) is 0 Å². The van der Waals surface area contributed by atoms with Crippen LogP contribution < -0.4 is 15.1 Å². The molecule has 0 amide bonds. The van der Waals surface area contributed by atoms with Crippen LogP contribution in [0.25, 0.3) is 0 Å². The molecular formula is C3H8ClNO3. The first kappa shape index (κ1) is 10.8. The first-order valence-electron chi connectivity index (χ1n) is 1.70. The van der Waals surface area contributed by atoms with Crippen LogP contribution >= 0.6 is 0 Å². The van der Waals surface area contributed by atoms with Gasteiger partial charge in [0.2, 0.25) is 0 Å². The van der Waals surface area contributed by atoms with Crippen molar-refractivity contribution in [2.75, 3.05) is 6.54 Å². The Morgan fingerprint density at radius 3 is 1.88 bits per heavy atom. The van der Waals surface area contributed by atoms with Crippen molar-refractivity contribution in [3.05, 3.63) is 12.7 Å². The molecule has 4 nitrogen and oxygen atoms in total. The van der Waals surface area contributed by atoms with Gasteiger partial charge in [0.1, 0.15) is 0 Å². The Labute approximate surface area is 50.6 Å². The van der Waals surface area contributed by atoms with E-state index in [1.165, 1.54) is 0 Å². The fraction of sp³-hybridized carbons (Fsp3) is 0.333. The van der Waals surface area contributed by atoms with Crippen LogP contribution in [0, 0.1) is 10.8 Å². The number of nitrogens with two attached hydrogens (primary N) is 1. The van der Waals surface area contributed by atoms with E-state index in [1.807, 2.05) is 0 Å². The van der Waals surface area contributed by atoms with Gasteiger partial charge >= 0.3 is 0 Å². The lowest BCUT2D eigenvalue weighted by Gasteiger charge is -1.72. The van der Waals surface area contributed by atoms with Crippen molar-refractivity contribution in [3.63, 3.8) is 0 Å². The maximum absolute atomic E-state index is 8.52. The average molecular weight is 142 g/mol. The third-order valence-electron chi connectivity index (χ3n) is 0.167. The summed E-state index contributed by atoms with van der Waals surface area (Å²) >= 11 is 0. The summed E-state index contributed by atoms with van der Waals surface area (Å²) in [4.78, 5) is 0. The minimum atomic E-state index is -2.60. The second kappa shape index (κ2) is 9.98. The van der Waals surface area contributed by atoms with Gasteiger partial charge in [-0.15, -0.1) is 6.58 Å². The Balaban J connectivity index is 0. The predicted molar refractivity (Wildman–Crippen MR) is 21.5 cm³/mol. The van der Waals surface area contributed by atoms with Gasteiger partial charge in [0.25, 0.3) is 10.8 Å². The summed E-state index contributed by atoms with van der Waals surface area (Å²) in [6.45, 7) is 3.94. The quantitative estimate of drug-likeness (QED) is 0.386. The summed E-state index contributed by atoms with van der Waals surface area (Å²) in [6.07, 6.45) is 1.65. The molecule has 0 aliphatic heterocycles. The normalized spacial score (nSPS) is 7.62. The summed E-state index contributed by atoms with van der Waals surface area (Å²) in [6, 6.07) is 0. The van der Waals surface area contributed by atoms with Crippen LogP contribution in [-0.4, -0.2) is 11.2 Å². The Hall–Kier alpha value is -0.130. The predicted octanol–water partition coefficient (Wildman–Crippen LogP) is -2.80. The fourth-order valence-electron chi connectivity index (χ4n) is 0. The Morgan fingerprint density at radius 2 is 1.88 bits per heavy atom. The Bertz CT molecular complexity index is 47.0. The average Bonchev–Trinajstić information content (AvgIpc) is 1.65. The van der Waals surface area contributed by atoms with Gasteiger partial charge in [-0.25, -0.2) is 0 Å². The van der Waals surface area contributed by atoms with E-state index in [4.69, 9.17) is 19.7 Å². The molecule has 5 heteroatoms. The van der Waals surface area contributed by atoms with Crippen LogP contribution in [0.1, 0.15) is 0 Å². The van der Waals surface area contributed by atoms with Gasteiger partial charge in [-0.2, -0.15) is 0 Å². The number of rotatable bonds is 1. The van der Waals surface area contributed by atoms with Crippen molar-refractivity contribution >= 4 is 0 Å². The standard InChI is InChI=1S/C3H7N.ClHO3/c1-2-3-4;2-1(3)4/h2H,1,3-4H2;2H. The smallest absolute Gasteiger partial charge is 0.282 e. The van der Waals surface area contributed by atoms with Crippen LogP contribution in [0.5, 0.6) is 0 Å². The third-order valence-corrected chi connectivity index (χ3v) is 0.167. The highest BCUT2D eigenvalue weighted by Crippen LogP contribution is 1.40. The molecule has 0 aliphatic rings. The molecule has 0 fully saturated rings. The molecule has 8 heavy (non-hydrogen) atoms. The number of hydrogen-bond donors (Lipinski definition) is 2. The Kier molecular flexibility index (Phi) is 13.4. The van der Waals surface area contributed by atoms with E-state index < -0.39 is 10.8 Å². The van der Waals surface area contributed by atoms with Crippen LogP contribution in [0.15, 0.2) is 12.7 Å². The molecule has 0 aromatic carbocycles. The SMILES string of the molecule is C=CCN.[O-][Cl+2]([O-])O. The first-order valence-corrected chi connectivity index (χ1v) is 2.66. The van der Waals surface area contributed by atoms with E-state index in [-0.39, 0.29) is 0 Å². The van der Waals surface area contributed by atoms with Gasteiger partial charge in [0.05, 0.1) is 0 Å². The lowest BCUT2D eigenvalue weighted by Crippen LogP contribution is -2.30. The monoisotopic (exact) mass is 141 g/mol. The number of hydrogen-bond acceptors (Lipinski definition) is 4. The van der Waals surface area contributed by atoms with Crippen molar-refractivity contribution in [1.82, 2.24) is 0 Å². The first-order chi connectivity index (χ1) is 3.65. The highest BCUT2D eigenvalue weighted by Gasteiger charge is 1.79. The molecular weight excluding hydrogens is 133 g/mol. The van der Waals surface area contributed by atoms with Crippen LogP contribution in [0.2, 0.25) is 0 Å². The minimum absolute atomic E-state index is 0.583. The summed E-state index contributed by atoms with van der Waals surface area (Å²) in [5.41, 5.74) is 4.91. The van der Waals surface area contributed by atoms with E-state index in [9.17, 15) is 0 Å². The highest BCUT2D eigenvalue weighted by atomic mass is 35.6. The van der Waals surface area contributed by atoms with Crippen LogP contribution in [0.3, 0.4) is 0 Å². The maximum Gasteiger partial charge on any atom is 0.282 e. The maximum atomic E-state index is 8.52. The molecule has 0 rings (SSSR count). The van der Waals surface area contributed by atoms with Gasteiger partial charge in [0, 0.05) is 11.2 Å². The van der Waals surface area contributed by atoms with Gasteiger partial charge in [0.15, 0.2) is 0 Å². The molecule has 3 N–H and O–H groups in total. The van der Waals surface area contributed by atoms with Crippen LogP contribution in [0.4, 0.5) is 0 Å². The van der Waals surface area contributed by atoms with Gasteiger partial charge < -0.3 is 15.1 Å². The molecule has 0 spiro atoms. The van der Waals surface area contributed by atoms with Crippen molar-refractivity contribution in [2.24, 2.45) is 5.73 Å². The third kappa shape index (κ3) is 184. The zero-order valence-corrected chi connectivity index (χ0v) is 4.97. The van der Waals surface area contributed by atoms with Crippen molar-refractivity contribution in [2.45, 2.75) is 0 Å². The Morgan fingerprint density at radius 1 is 1.75 bits per heavy atom. The van der Waals surface area contributed by atoms with Crippen LogP contribution in [-0.2, 0) is 0 Å². The van der Waals surface area contributed by atoms with Gasteiger partial charge in [-0.3, -0.25) is 0 Å². The van der Waals surface area contributed by atoms with E-state index >= 15 is 0 Å². The second-order valence-electron chi connectivity index (χ2n) is 0.725. The molecule has 0 unspecified atom stereocenters. The summed E-state index contributed by atoms with van der Waals surface area (Å²) in [5, 5.41) is 0. The van der Waals surface area contributed by atoms with E-state index in [0.29, 0.717) is 6.54 Å². The highest BCUT2D eigenvalue weighted by molar-refractivity contribution is 4.64. The summed E-state index contributed by atoms with van der Waals surface area (Å²) in [7, 11) is -2.60. The van der Waals surface area contributed by atoms with Gasteiger partial charge in [-0.1, -0.05) is 6.08 Å². The molecule has 0 saturated heterocycles. The molecule has 0 radical (unpaired) electrons. The summed E-state index contributed by atoms with van der Waals surface area (Å²) < 4.78 is 24.0. The molecule has 0 aliphatic carbocycles. The van der Waals surface area contributed by atoms with E-state index in [1.54, 1.807) is 6.08 Å². The number of halogens is 1. The van der Waals surface area contributed by atoms with Crippen molar-refractivity contribution < 1.29 is 24.8 Å². The molecule has 0 aromatic rings. The molecule has 0 atom stereocenters. The molecule has 50 valence electrons. The molecule has 0 heterocycles. The fourth-order valence-corrected chi connectivity index (χ4v) is 0. The van der Waals surface area contributed by atoms with E-state index in [0.717, 1.165) is 0 Å². The minimum Gasteiger partial charge on any atom is -0.327 e. The van der Waals surface area contributed by atoms with Crippen molar-refractivity contribution in [3.8, 4) is 0 Å². The van der Waals surface area contributed by atoms with E-state index in [2.05, 4.69) is 6.58 Å². The topological polar surface area (TPSA) is 92.4 Å². The molecule has 0 saturated carbocycles. The lowest BCUT2D eigenvalue weighted by atomic mass is 10.7. The largest absolute Gasteiger partial charge is 0.327 e. The van der Waals surface area contributed by atoms with Gasteiger partial charge in [-0.05, 0) is 0 Å². The lowest BCUT2D eigenvalue weighted by molar-refractivity contribution is -1.63. The molecule has 0 aromatic heterocycles. The summed E-state index contributed by atoms with van der Waals surface area (Å²) in [5.74, 6) is 0. The zero-order valence-electron chi connectivity index (χ0n) is 4.21. The second-order valence-corrected chi connectivity index (χ2v) is 1.13.